The summed E-state index contributed by atoms with van der Waals surface area (Å²) in [7, 11) is 0. The normalized spacial score (nSPS) is 10.1. The average molecular weight is 196 g/mol. The number of rotatable bonds is 3. The minimum absolute atomic E-state index is 0.0593. The third-order valence-corrected chi connectivity index (χ3v) is 2.07. The van der Waals surface area contributed by atoms with Crippen molar-refractivity contribution in [2.75, 3.05) is 12.3 Å². The maximum absolute atomic E-state index is 10.7. The Hall–Kier alpha value is -1.62. The molecule has 0 spiro atoms. The summed E-state index contributed by atoms with van der Waals surface area (Å²) in [5, 5.41) is 19.4. The monoisotopic (exact) mass is 196 g/mol. The molecule has 14 heavy (non-hydrogen) atoms. The van der Waals surface area contributed by atoms with E-state index < -0.39 is 4.92 Å². The van der Waals surface area contributed by atoms with Crippen molar-refractivity contribution >= 4 is 11.4 Å². The number of aliphatic hydroxyl groups excluding tert-OH is 1. The van der Waals surface area contributed by atoms with Crippen LogP contribution in [0.4, 0.5) is 11.4 Å². The van der Waals surface area contributed by atoms with Gasteiger partial charge in [-0.1, -0.05) is 12.1 Å². The second-order valence-corrected chi connectivity index (χ2v) is 3.03. The predicted octanol–water partition coefficient (Wildman–Crippen LogP) is 1.02. The van der Waals surface area contributed by atoms with Crippen molar-refractivity contribution in [3.05, 3.63) is 33.4 Å². The van der Waals surface area contributed by atoms with Crippen molar-refractivity contribution in [3.63, 3.8) is 0 Å². The number of hydrogen-bond donors (Lipinski definition) is 2. The van der Waals surface area contributed by atoms with Gasteiger partial charge in [0.05, 0.1) is 4.92 Å². The third kappa shape index (κ3) is 1.82. The Morgan fingerprint density at radius 1 is 1.57 bits per heavy atom. The summed E-state index contributed by atoms with van der Waals surface area (Å²) in [6.45, 7) is 1.57. The Labute approximate surface area is 81.3 Å². The molecule has 0 saturated carbocycles. The number of nitro groups is 1. The van der Waals surface area contributed by atoms with Crippen LogP contribution in [0.2, 0.25) is 0 Å². The molecule has 5 nitrogen and oxygen atoms in total. The van der Waals surface area contributed by atoms with Crippen LogP contribution in [-0.2, 0) is 6.42 Å². The van der Waals surface area contributed by atoms with Crippen molar-refractivity contribution in [2.24, 2.45) is 0 Å². The molecule has 0 atom stereocenters. The van der Waals surface area contributed by atoms with E-state index in [9.17, 15) is 10.1 Å². The Morgan fingerprint density at radius 2 is 2.21 bits per heavy atom. The SMILES string of the molecule is Cc1ccc(CCO)c(N)c1[N+](=O)[O-]. The van der Waals surface area contributed by atoms with Gasteiger partial charge in [0, 0.05) is 12.2 Å². The molecule has 0 aliphatic heterocycles. The molecule has 0 radical (unpaired) electrons. The summed E-state index contributed by atoms with van der Waals surface area (Å²) in [4.78, 5) is 10.2. The van der Waals surface area contributed by atoms with Crippen LogP contribution in [0, 0.1) is 17.0 Å². The minimum Gasteiger partial charge on any atom is -0.396 e. The van der Waals surface area contributed by atoms with Gasteiger partial charge >= 0.3 is 0 Å². The topological polar surface area (TPSA) is 89.4 Å². The minimum atomic E-state index is -0.495. The number of aliphatic hydroxyl groups is 1. The molecular formula is C9H12N2O3. The van der Waals surface area contributed by atoms with E-state index in [0.29, 0.717) is 17.5 Å². The molecule has 0 aliphatic rings. The first-order chi connectivity index (χ1) is 6.57. The van der Waals surface area contributed by atoms with Crippen LogP contribution in [0.5, 0.6) is 0 Å². The van der Waals surface area contributed by atoms with Crippen molar-refractivity contribution < 1.29 is 10.0 Å². The zero-order valence-electron chi connectivity index (χ0n) is 7.86. The zero-order valence-corrected chi connectivity index (χ0v) is 7.86. The molecule has 0 aliphatic carbocycles. The first kappa shape index (κ1) is 10.5. The molecule has 3 N–H and O–H groups in total. The highest BCUT2D eigenvalue weighted by molar-refractivity contribution is 5.66. The van der Waals surface area contributed by atoms with Gasteiger partial charge in [-0.3, -0.25) is 10.1 Å². The number of nitrogen functional groups attached to an aromatic ring is 1. The number of nitrogens with two attached hydrogens (primary N) is 1. The number of aryl methyl sites for hydroxylation is 1. The Kier molecular flexibility index (Phi) is 3.03. The largest absolute Gasteiger partial charge is 0.396 e. The summed E-state index contributed by atoms with van der Waals surface area (Å²) in [5.74, 6) is 0. The van der Waals surface area contributed by atoms with Crippen LogP contribution >= 0.6 is 0 Å². The highest BCUT2D eigenvalue weighted by Gasteiger charge is 2.17. The molecule has 0 heterocycles. The fraction of sp³-hybridized carbons (Fsp3) is 0.333. The van der Waals surface area contributed by atoms with Gasteiger partial charge in [0.2, 0.25) is 0 Å². The fourth-order valence-electron chi connectivity index (χ4n) is 1.34. The van der Waals surface area contributed by atoms with E-state index in [2.05, 4.69) is 0 Å². The molecule has 0 bridgehead atoms. The highest BCUT2D eigenvalue weighted by Crippen LogP contribution is 2.29. The standard InChI is InChI=1S/C9H12N2O3/c1-6-2-3-7(4-5-12)8(10)9(6)11(13)14/h2-3,12H,4-5,10H2,1H3. The first-order valence-electron chi connectivity index (χ1n) is 4.21. The molecule has 1 aromatic carbocycles. The smallest absolute Gasteiger partial charge is 0.295 e. The first-order valence-corrected chi connectivity index (χ1v) is 4.21. The molecule has 0 saturated heterocycles. The molecule has 0 fully saturated rings. The van der Waals surface area contributed by atoms with E-state index in [1.807, 2.05) is 0 Å². The number of anilines is 1. The second-order valence-electron chi connectivity index (χ2n) is 3.03. The molecule has 0 aromatic heterocycles. The summed E-state index contributed by atoms with van der Waals surface area (Å²) in [6, 6.07) is 3.34. The zero-order chi connectivity index (χ0) is 10.7. The summed E-state index contributed by atoms with van der Waals surface area (Å²) >= 11 is 0. The summed E-state index contributed by atoms with van der Waals surface area (Å²) < 4.78 is 0. The van der Waals surface area contributed by atoms with Gasteiger partial charge in [-0.15, -0.1) is 0 Å². The molecule has 1 aromatic rings. The number of benzene rings is 1. The van der Waals surface area contributed by atoms with Crippen molar-refractivity contribution in [2.45, 2.75) is 13.3 Å². The van der Waals surface area contributed by atoms with Crippen molar-refractivity contribution in [1.82, 2.24) is 0 Å². The maximum atomic E-state index is 10.7. The molecule has 76 valence electrons. The van der Waals surface area contributed by atoms with Crippen molar-refractivity contribution in [1.29, 1.82) is 0 Å². The number of nitrogens with zero attached hydrogens (tertiary/aromatic N) is 1. The molecular weight excluding hydrogens is 184 g/mol. The lowest BCUT2D eigenvalue weighted by molar-refractivity contribution is -0.384. The van der Waals surface area contributed by atoms with E-state index in [1.54, 1.807) is 19.1 Å². The van der Waals surface area contributed by atoms with E-state index >= 15 is 0 Å². The maximum Gasteiger partial charge on any atom is 0.295 e. The van der Waals surface area contributed by atoms with Crippen LogP contribution in [0.1, 0.15) is 11.1 Å². The lowest BCUT2D eigenvalue weighted by atomic mass is 10.1. The number of hydrogen-bond acceptors (Lipinski definition) is 4. The van der Waals surface area contributed by atoms with Gasteiger partial charge in [0.15, 0.2) is 0 Å². The van der Waals surface area contributed by atoms with Crippen LogP contribution < -0.4 is 5.73 Å². The third-order valence-electron chi connectivity index (χ3n) is 2.07. The van der Waals surface area contributed by atoms with Gasteiger partial charge in [0.1, 0.15) is 5.69 Å². The molecule has 0 amide bonds. The van der Waals surface area contributed by atoms with Crippen LogP contribution in [0.3, 0.4) is 0 Å². The van der Waals surface area contributed by atoms with Gasteiger partial charge in [0.25, 0.3) is 5.69 Å². The average Bonchev–Trinajstić information content (AvgIpc) is 2.10. The van der Waals surface area contributed by atoms with Crippen molar-refractivity contribution in [3.8, 4) is 0 Å². The van der Waals surface area contributed by atoms with Crippen LogP contribution in [0.25, 0.3) is 0 Å². The molecule has 5 heteroatoms. The van der Waals surface area contributed by atoms with Gasteiger partial charge in [-0.2, -0.15) is 0 Å². The van der Waals surface area contributed by atoms with E-state index in [4.69, 9.17) is 10.8 Å². The molecule has 0 unspecified atom stereocenters. The van der Waals surface area contributed by atoms with Gasteiger partial charge < -0.3 is 10.8 Å². The van der Waals surface area contributed by atoms with Crippen LogP contribution in [-0.4, -0.2) is 16.6 Å². The second kappa shape index (κ2) is 4.06. The van der Waals surface area contributed by atoms with Crippen LogP contribution in [0.15, 0.2) is 12.1 Å². The Bertz CT molecular complexity index is 363. The highest BCUT2D eigenvalue weighted by atomic mass is 16.6. The quantitative estimate of drug-likeness (QED) is 0.429. The Morgan fingerprint density at radius 3 is 2.71 bits per heavy atom. The van der Waals surface area contributed by atoms with E-state index in [-0.39, 0.29) is 18.0 Å². The van der Waals surface area contributed by atoms with Gasteiger partial charge in [-0.05, 0) is 18.9 Å². The summed E-state index contributed by atoms with van der Waals surface area (Å²) in [5.41, 5.74) is 6.87. The Balaban J connectivity index is 3.26. The number of nitro benzene ring substituents is 1. The predicted molar refractivity (Wildman–Crippen MR) is 53.0 cm³/mol. The lowest BCUT2D eigenvalue weighted by Gasteiger charge is -2.06. The fourth-order valence-corrected chi connectivity index (χ4v) is 1.34. The summed E-state index contributed by atoms with van der Waals surface area (Å²) in [6.07, 6.45) is 0.340. The molecule has 1 rings (SSSR count). The van der Waals surface area contributed by atoms with Gasteiger partial charge in [-0.25, -0.2) is 0 Å². The van der Waals surface area contributed by atoms with E-state index in [0.717, 1.165) is 0 Å². The lowest BCUT2D eigenvalue weighted by Crippen LogP contribution is -2.03. The van der Waals surface area contributed by atoms with E-state index in [1.165, 1.54) is 0 Å².